The van der Waals surface area contributed by atoms with Gasteiger partial charge < -0.3 is 33.8 Å². The van der Waals surface area contributed by atoms with Gasteiger partial charge in [0.1, 0.15) is 19.3 Å². The number of carbonyl (C=O) groups is 4. The quantitative estimate of drug-likeness (QED) is 0.0222. The molecule has 0 heterocycles. The van der Waals surface area contributed by atoms with Crippen molar-refractivity contribution < 1.29 is 80.2 Å². The Morgan fingerprint density at radius 3 is 0.630 bits per heavy atom. The van der Waals surface area contributed by atoms with Crippen molar-refractivity contribution in [3.63, 3.8) is 0 Å². The predicted molar refractivity (Wildman–Crippen MR) is 446 cm³/mol. The number of hydrogen-bond acceptors (Lipinski definition) is 15. The number of esters is 4. The maximum absolute atomic E-state index is 13.2. The molecule has 0 fully saturated rings. The van der Waals surface area contributed by atoms with Crippen LogP contribution >= 0.6 is 15.6 Å². The van der Waals surface area contributed by atoms with Crippen molar-refractivity contribution in [2.24, 2.45) is 17.8 Å². The molecular weight excluding hydrogens is 1400 g/mol. The van der Waals surface area contributed by atoms with Gasteiger partial charge in [-0.1, -0.05) is 421 Å². The van der Waals surface area contributed by atoms with Crippen LogP contribution in [0, 0.1) is 17.8 Å². The lowest BCUT2D eigenvalue weighted by Gasteiger charge is -2.21. The molecule has 2 unspecified atom stereocenters. The van der Waals surface area contributed by atoms with Gasteiger partial charge in [-0.3, -0.25) is 37.3 Å². The third-order valence-electron chi connectivity index (χ3n) is 20.9. The van der Waals surface area contributed by atoms with Crippen LogP contribution in [0.1, 0.15) is 472 Å². The number of phosphoric ester groups is 2. The molecule has 0 saturated carbocycles. The van der Waals surface area contributed by atoms with Gasteiger partial charge in [-0.25, -0.2) is 9.13 Å². The van der Waals surface area contributed by atoms with Crippen molar-refractivity contribution in [1.82, 2.24) is 0 Å². The number of ether oxygens (including phenoxy) is 4. The molecule has 5 atom stereocenters. The molecule has 0 aromatic rings. The van der Waals surface area contributed by atoms with E-state index < -0.39 is 97.5 Å². The van der Waals surface area contributed by atoms with Crippen LogP contribution in [0.3, 0.4) is 0 Å². The van der Waals surface area contributed by atoms with E-state index in [1.807, 2.05) is 0 Å². The monoisotopic (exact) mass is 1580 g/mol. The van der Waals surface area contributed by atoms with Crippen molar-refractivity contribution in [1.29, 1.82) is 0 Å². The molecule has 0 amide bonds. The van der Waals surface area contributed by atoms with E-state index in [0.29, 0.717) is 31.6 Å². The topological polar surface area (TPSA) is 237 Å². The van der Waals surface area contributed by atoms with E-state index in [4.69, 9.17) is 37.0 Å². The van der Waals surface area contributed by atoms with E-state index in [2.05, 4.69) is 48.5 Å². The molecule has 0 spiro atoms. The Balaban J connectivity index is 5.22. The molecular formula is C89H174O17P2. The van der Waals surface area contributed by atoms with Gasteiger partial charge in [-0.2, -0.15) is 0 Å². The summed E-state index contributed by atoms with van der Waals surface area (Å²) in [7, 11) is -9.93. The smallest absolute Gasteiger partial charge is 0.462 e. The summed E-state index contributed by atoms with van der Waals surface area (Å²) in [6, 6.07) is 0. The van der Waals surface area contributed by atoms with E-state index in [-0.39, 0.29) is 25.7 Å². The molecule has 642 valence electrons. The number of carbonyl (C=O) groups excluding carboxylic acids is 4. The third kappa shape index (κ3) is 82.1. The molecule has 0 rings (SSSR count). The first-order chi connectivity index (χ1) is 52.2. The van der Waals surface area contributed by atoms with Crippen LogP contribution in [-0.2, 0) is 65.4 Å². The maximum Gasteiger partial charge on any atom is 0.472 e. The lowest BCUT2D eigenvalue weighted by molar-refractivity contribution is -0.161. The molecule has 0 aliphatic rings. The minimum Gasteiger partial charge on any atom is -0.462 e. The molecule has 0 aromatic heterocycles. The van der Waals surface area contributed by atoms with Gasteiger partial charge in [-0.15, -0.1) is 0 Å². The largest absolute Gasteiger partial charge is 0.472 e. The highest BCUT2D eigenvalue weighted by molar-refractivity contribution is 7.47. The predicted octanol–water partition coefficient (Wildman–Crippen LogP) is 27.3. The van der Waals surface area contributed by atoms with Crippen LogP contribution in [-0.4, -0.2) is 96.7 Å². The Bertz CT molecular complexity index is 2080. The van der Waals surface area contributed by atoms with Crippen LogP contribution in [0.15, 0.2) is 0 Å². The molecule has 0 aliphatic carbocycles. The number of aliphatic hydroxyl groups excluding tert-OH is 1. The average molecular weight is 1580 g/mol. The molecule has 0 aliphatic heterocycles. The summed E-state index contributed by atoms with van der Waals surface area (Å²) in [6.07, 6.45) is 71.0. The summed E-state index contributed by atoms with van der Waals surface area (Å²) >= 11 is 0. The second-order valence-electron chi connectivity index (χ2n) is 33.4. The van der Waals surface area contributed by atoms with Gasteiger partial charge in [0.15, 0.2) is 12.2 Å². The summed E-state index contributed by atoms with van der Waals surface area (Å²) in [4.78, 5) is 73.3. The summed E-state index contributed by atoms with van der Waals surface area (Å²) in [5, 5.41) is 10.7. The zero-order valence-corrected chi connectivity index (χ0v) is 73.1. The minimum absolute atomic E-state index is 0.107. The third-order valence-corrected chi connectivity index (χ3v) is 22.8. The van der Waals surface area contributed by atoms with Crippen molar-refractivity contribution in [3.8, 4) is 0 Å². The first-order valence-electron chi connectivity index (χ1n) is 45.8. The Kier molecular flexibility index (Phi) is 77.5. The molecule has 0 bridgehead atoms. The number of aliphatic hydroxyl groups is 1. The van der Waals surface area contributed by atoms with Crippen LogP contribution in [0.2, 0.25) is 0 Å². The molecule has 0 radical (unpaired) electrons. The SMILES string of the molecule is CCCCCCCCCCCCCCCCCCCCCCCC(=O)O[C@H](COC(=O)CCCCCCCCCCCCCCCCCCC(C)C)COP(=O)(O)OC[C@@H](O)COP(=O)(O)OC[C@@H](COC(=O)CCCCCCCCCC(C)C)OC(=O)CCCCCCCCCCCCCCCCCC(C)C. The van der Waals surface area contributed by atoms with Gasteiger partial charge in [-0.05, 0) is 43.4 Å². The molecule has 3 N–H and O–H groups in total. The highest BCUT2D eigenvalue weighted by atomic mass is 31.2. The van der Waals surface area contributed by atoms with Crippen LogP contribution in [0.25, 0.3) is 0 Å². The number of hydrogen-bond donors (Lipinski definition) is 3. The number of phosphoric acid groups is 2. The fourth-order valence-electron chi connectivity index (χ4n) is 13.9. The number of rotatable bonds is 87. The van der Waals surface area contributed by atoms with E-state index >= 15 is 0 Å². The highest BCUT2D eigenvalue weighted by Gasteiger charge is 2.31. The van der Waals surface area contributed by atoms with Crippen molar-refractivity contribution in [2.45, 2.75) is 491 Å². The fraction of sp³-hybridized carbons (Fsp3) is 0.955. The van der Waals surface area contributed by atoms with Crippen molar-refractivity contribution >= 4 is 39.5 Å². The minimum atomic E-state index is -4.97. The summed E-state index contributed by atoms with van der Waals surface area (Å²) in [6.45, 7) is 12.0. The molecule has 0 aromatic carbocycles. The van der Waals surface area contributed by atoms with E-state index in [9.17, 15) is 43.2 Å². The standard InChI is InChI=1S/C89H174O17P2/c1-8-9-10-11-12-13-14-15-16-17-18-19-20-21-28-33-38-43-50-58-65-72-88(93)105-84(76-99-86(91)70-63-56-49-42-37-32-27-23-22-25-30-35-40-46-53-60-67-80(2)3)78-103-107(95,96)101-74-83(90)75-102-108(97,98)104-79-85(77-100-87(92)71-64-57-52-45-48-55-62-69-82(6)7)106-89(94)73-66-59-51-44-39-34-29-24-26-31-36-41-47-54-61-68-81(4)5/h80-85,90H,8-79H2,1-7H3,(H,95,96)(H,97,98)/t83-,84-,85-/m1/s1. The van der Waals surface area contributed by atoms with Gasteiger partial charge in [0.2, 0.25) is 0 Å². The lowest BCUT2D eigenvalue weighted by Crippen LogP contribution is -2.30. The Hall–Kier alpha value is -1.94. The molecule has 19 heteroatoms. The Morgan fingerprint density at radius 1 is 0.250 bits per heavy atom. The molecule has 0 saturated heterocycles. The first kappa shape index (κ1) is 106. The summed E-state index contributed by atoms with van der Waals surface area (Å²) in [5.74, 6) is 0.218. The van der Waals surface area contributed by atoms with Gasteiger partial charge in [0.25, 0.3) is 0 Å². The van der Waals surface area contributed by atoms with Crippen molar-refractivity contribution in [2.75, 3.05) is 39.6 Å². The van der Waals surface area contributed by atoms with E-state index in [0.717, 1.165) is 108 Å². The molecule has 17 nitrogen and oxygen atoms in total. The Morgan fingerprint density at radius 2 is 0.426 bits per heavy atom. The normalized spacial score (nSPS) is 13.8. The first-order valence-corrected chi connectivity index (χ1v) is 48.8. The maximum atomic E-state index is 13.2. The molecule has 108 heavy (non-hydrogen) atoms. The van der Waals surface area contributed by atoms with E-state index in [1.165, 1.54) is 276 Å². The average Bonchev–Trinajstić information content (AvgIpc) is 0.896. The Labute approximate surface area is 664 Å². The summed E-state index contributed by atoms with van der Waals surface area (Å²) < 4.78 is 69.0. The fourth-order valence-corrected chi connectivity index (χ4v) is 15.5. The van der Waals surface area contributed by atoms with Crippen LogP contribution in [0.4, 0.5) is 0 Å². The second kappa shape index (κ2) is 78.9. The van der Waals surface area contributed by atoms with Crippen LogP contribution < -0.4 is 0 Å². The number of unbranched alkanes of at least 4 members (excludes halogenated alkanes) is 55. The van der Waals surface area contributed by atoms with Crippen LogP contribution in [0.5, 0.6) is 0 Å². The van der Waals surface area contributed by atoms with E-state index in [1.54, 1.807) is 0 Å². The van der Waals surface area contributed by atoms with Crippen molar-refractivity contribution in [3.05, 3.63) is 0 Å². The van der Waals surface area contributed by atoms with Gasteiger partial charge in [0, 0.05) is 25.7 Å². The van der Waals surface area contributed by atoms with Gasteiger partial charge in [0.05, 0.1) is 26.4 Å². The summed E-state index contributed by atoms with van der Waals surface area (Å²) in [5.41, 5.74) is 0. The lowest BCUT2D eigenvalue weighted by atomic mass is 10.0. The highest BCUT2D eigenvalue weighted by Crippen LogP contribution is 2.45. The second-order valence-corrected chi connectivity index (χ2v) is 36.3. The van der Waals surface area contributed by atoms with Gasteiger partial charge >= 0.3 is 39.5 Å². The zero-order valence-electron chi connectivity index (χ0n) is 71.3. The zero-order chi connectivity index (χ0) is 79.3.